The quantitative estimate of drug-likeness (QED) is 0.530. The number of methoxy groups -OCH3 is 1. The average molecular weight is 300 g/mol. The molecule has 2 rings (SSSR count). The smallest absolute Gasteiger partial charge is 0.315 e. The van der Waals surface area contributed by atoms with Crippen molar-refractivity contribution < 1.29 is 14.8 Å². The fraction of sp³-hybridized carbons (Fsp3) is 0.188. The molecule has 0 aliphatic heterocycles. The molecule has 6 heteroatoms. The van der Waals surface area contributed by atoms with E-state index < -0.39 is 16.4 Å². The minimum Gasteiger partial charge on any atom is -0.502 e. The van der Waals surface area contributed by atoms with Crippen LogP contribution < -0.4 is 4.74 Å². The molecule has 0 heterocycles. The molecule has 0 saturated carbocycles. The Kier molecular flexibility index (Phi) is 4.41. The Morgan fingerprint density at radius 1 is 1.27 bits per heavy atom. The van der Waals surface area contributed by atoms with E-state index in [0.29, 0.717) is 0 Å². The Morgan fingerprint density at radius 2 is 2.00 bits per heavy atom. The molecule has 114 valence electrons. The summed E-state index contributed by atoms with van der Waals surface area (Å²) in [6.07, 6.45) is 1.39. The van der Waals surface area contributed by atoms with Crippen LogP contribution in [0.15, 0.2) is 35.3 Å². The summed E-state index contributed by atoms with van der Waals surface area (Å²) in [7, 11) is 1.40. The number of nitrogens with zero attached hydrogens (tertiary/aromatic N) is 2. The van der Waals surface area contributed by atoms with Crippen molar-refractivity contribution in [1.29, 1.82) is 0 Å². The van der Waals surface area contributed by atoms with E-state index in [-0.39, 0.29) is 11.3 Å². The number of aryl methyl sites for hydroxylation is 2. The maximum absolute atomic E-state index is 11.0. The Balaban J connectivity index is 2.46. The number of nitro groups is 1. The first-order valence-electron chi connectivity index (χ1n) is 6.59. The van der Waals surface area contributed by atoms with E-state index in [9.17, 15) is 15.2 Å². The van der Waals surface area contributed by atoms with Gasteiger partial charge in [0, 0.05) is 11.8 Å². The lowest BCUT2D eigenvalue weighted by Gasteiger charge is -2.05. The number of hydrogen-bond donors (Lipinski definition) is 1. The van der Waals surface area contributed by atoms with Gasteiger partial charge in [-0.05, 0) is 31.5 Å². The first-order chi connectivity index (χ1) is 10.4. The lowest BCUT2D eigenvalue weighted by atomic mass is 10.1. The zero-order chi connectivity index (χ0) is 16.3. The van der Waals surface area contributed by atoms with E-state index in [4.69, 9.17) is 4.74 Å². The van der Waals surface area contributed by atoms with Gasteiger partial charge in [-0.3, -0.25) is 15.1 Å². The number of aliphatic imine (C=N–C) groups is 1. The summed E-state index contributed by atoms with van der Waals surface area (Å²) in [5.74, 6) is -0.147. The van der Waals surface area contributed by atoms with E-state index in [1.807, 2.05) is 32.0 Å². The first kappa shape index (κ1) is 15.5. The Bertz CT molecular complexity index is 754. The van der Waals surface area contributed by atoms with Crippen molar-refractivity contribution >= 4 is 17.6 Å². The van der Waals surface area contributed by atoms with Crippen molar-refractivity contribution in [2.45, 2.75) is 13.8 Å². The fourth-order valence-corrected chi connectivity index (χ4v) is 2.06. The van der Waals surface area contributed by atoms with Crippen LogP contribution in [0.4, 0.5) is 11.4 Å². The standard InChI is InChI=1S/C16H16N2O4/c1-10-4-5-14(11(2)6-10)17-9-12-7-13(22-3)8-15(16(12)19)18(20)21/h4-9,19H,1-3H3. The predicted octanol–water partition coefficient (Wildman–Crippen LogP) is 3.68. The molecule has 1 N–H and O–H groups in total. The summed E-state index contributed by atoms with van der Waals surface area (Å²) >= 11 is 0. The second-order valence-electron chi connectivity index (χ2n) is 4.89. The molecule has 2 aromatic carbocycles. The van der Waals surface area contributed by atoms with Crippen LogP contribution in [0.5, 0.6) is 11.5 Å². The maximum atomic E-state index is 11.0. The van der Waals surface area contributed by atoms with Gasteiger partial charge >= 0.3 is 5.69 Å². The van der Waals surface area contributed by atoms with Crippen molar-refractivity contribution in [2.75, 3.05) is 7.11 Å². The van der Waals surface area contributed by atoms with Crippen molar-refractivity contribution in [2.24, 2.45) is 4.99 Å². The maximum Gasteiger partial charge on any atom is 0.315 e. The van der Waals surface area contributed by atoms with E-state index in [1.54, 1.807) is 0 Å². The fourth-order valence-electron chi connectivity index (χ4n) is 2.06. The minimum absolute atomic E-state index is 0.228. The minimum atomic E-state index is -0.660. The molecule has 0 aliphatic carbocycles. The van der Waals surface area contributed by atoms with Gasteiger partial charge in [0.25, 0.3) is 0 Å². The molecule has 0 bridgehead atoms. The van der Waals surface area contributed by atoms with Crippen LogP contribution in [-0.4, -0.2) is 23.4 Å². The lowest BCUT2D eigenvalue weighted by molar-refractivity contribution is -0.385. The summed E-state index contributed by atoms with van der Waals surface area (Å²) < 4.78 is 5.01. The van der Waals surface area contributed by atoms with Crippen molar-refractivity contribution in [3.8, 4) is 11.5 Å². The van der Waals surface area contributed by atoms with Crippen LogP contribution in [0.2, 0.25) is 0 Å². The molecule has 0 aliphatic rings. The van der Waals surface area contributed by atoms with Gasteiger partial charge in [0.05, 0.1) is 23.8 Å². The SMILES string of the molecule is COc1cc(C=Nc2ccc(C)cc2C)c(O)c([N+](=O)[O-])c1. The summed E-state index contributed by atoms with van der Waals surface area (Å²) in [5, 5.41) is 20.9. The number of aromatic hydroxyl groups is 1. The molecule has 0 unspecified atom stereocenters. The van der Waals surface area contributed by atoms with Crippen LogP contribution >= 0.6 is 0 Å². The summed E-state index contributed by atoms with van der Waals surface area (Å²) in [6, 6.07) is 8.43. The molecule has 0 aromatic heterocycles. The van der Waals surface area contributed by atoms with Crippen molar-refractivity contribution in [3.05, 3.63) is 57.1 Å². The third-order valence-electron chi connectivity index (χ3n) is 3.22. The Hall–Kier alpha value is -2.89. The van der Waals surface area contributed by atoms with Gasteiger partial charge in [-0.2, -0.15) is 0 Å². The van der Waals surface area contributed by atoms with Crippen LogP contribution in [-0.2, 0) is 0 Å². The topological polar surface area (TPSA) is 85.0 Å². The van der Waals surface area contributed by atoms with Gasteiger partial charge < -0.3 is 9.84 Å². The van der Waals surface area contributed by atoms with Gasteiger partial charge in [-0.15, -0.1) is 0 Å². The average Bonchev–Trinajstić information content (AvgIpc) is 2.47. The molecule has 22 heavy (non-hydrogen) atoms. The molecular weight excluding hydrogens is 284 g/mol. The number of benzene rings is 2. The van der Waals surface area contributed by atoms with E-state index in [0.717, 1.165) is 16.8 Å². The monoisotopic (exact) mass is 300 g/mol. The molecule has 0 amide bonds. The largest absolute Gasteiger partial charge is 0.502 e. The zero-order valence-electron chi connectivity index (χ0n) is 12.5. The summed E-state index contributed by atoms with van der Waals surface area (Å²) in [6.45, 7) is 3.91. The van der Waals surface area contributed by atoms with Crippen LogP contribution in [0, 0.1) is 24.0 Å². The third kappa shape index (κ3) is 3.22. The van der Waals surface area contributed by atoms with Gasteiger partial charge in [-0.1, -0.05) is 17.7 Å². The van der Waals surface area contributed by atoms with Crippen LogP contribution in [0.1, 0.15) is 16.7 Å². The molecule has 0 radical (unpaired) electrons. The number of hydrogen-bond acceptors (Lipinski definition) is 5. The molecule has 0 saturated heterocycles. The van der Waals surface area contributed by atoms with Gasteiger partial charge in [0.2, 0.25) is 5.75 Å². The second kappa shape index (κ2) is 6.26. The molecule has 6 nitrogen and oxygen atoms in total. The molecule has 0 fully saturated rings. The number of ether oxygens (including phenoxy) is 1. The number of nitro benzene ring substituents is 1. The highest BCUT2D eigenvalue weighted by Crippen LogP contribution is 2.33. The molecule has 0 atom stereocenters. The zero-order valence-corrected chi connectivity index (χ0v) is 12.5. The molecular formula is C16H16N2O4. The lowest BCUT2D eigenvalue weighted by Crippen LogP contribution is -1.94. The molecule has 2 aromatic rings. The van der Waals surface area contributed by atoms with E-state index in [1.165, 1.54) is 25.5 Å². The highest BCUT2D eigenvalue weighted by Gasteiger charge is 2.18. The van der Waals surface area contributed by atoms with Crippen molar-refractivity contribution in [1.82, 2.24) is 0 Å². The highest BCUT2D eigenvalue weighted by atomic mass is 16.6. The second-order valence-corrected chi connectivity index (χ2v) is 4.89. The van der Waals surface area contributed by atoms with Gasteiger partial charge in [0.1, 0.15) is 5.75 Å². The van der Waals surface area contributed by atoms with E-state index in [2.05, 4.69) is 4.99 Å². The Morgan fingerprint density at radius 3 is 2.59 bits per heavy atom. The first-order valence-corrected chi connectivity index (χ1v) is 6.59. The molecule has 0 spiro atoms. The van der Waals surface area contributed by atoms with Gasteiger partial charge in [0.15, 0.2) is 0 Å². The van der Waals surface area contributed by atoms with E-state index >= 15 is 0 Å². The van der Waals surface area contributed by atoms with Gasteiger partial charge in [-0.25, -0.2) is 0 Å². The van der Waals surface area contributed by atoms with Crippen LogP contribution in [0.3, 0.4) is 0 Å². The number of phenolic OH excluding ortho intramolecular Hbond substituents is 1. The third-order valence-corrected chi connectivity index (χ3v) is 3.22. The number of rotatable bonds is 4. The number of phenols is 1. The Labute approximate surface area is 127 Å². The summed E-state index contributed by atoms with van der Waals surface area (Å²) in [4.78, 5) is 14.6. The highest BCUT2D eigenvalue weighted by molar-refractivity contribution is 5.88. The van der Waals surface area contributed by atoms with Crippen molar-refractivity contribution in [3.63, 3.8) is 0 Å². The predicted molar refractivity (Wildman–Crippen MR) is 84.5 cm³/mol. The summed E-state index contributed by atoms with van der Waals surface area (Å²) in [5.41, 5.74) is 2.65. The van der Waals surface area contributed by atoms with Crippen LogP contribution in [0.25, 0.3) is 0 Å². The normalized spacial score (nSPS) is 10.9.